The largest absolute Gasteiger partial charge is 0.206 e. The van der Waals surface area contributed by atoms with Gasteiger partial charge in [0.25, 0.3) is 0 Å². The van der Waals surface area contributed by atoms with E-state index in [0.29, 0.717) is 11.1 Å². The molecule has 0 fully saturated rings. The summed E-state index contributed by atoms with van der Waals surface area (Å²) in [5.74, 6) is -1.11. The molecule has 0 spiro atoms. The van der Waals surface area contributed by atoms with Gasteiger partial charge >= 0.3 is 0 Å². The molecule has 0 nitrogen and oxygen atoms in total. The van der Waals surface area contributed by atoms with Gasteiger partial charge in [-0.3, -0.25) is 0 Å². The first-order valence-electron chi connectivity index (χ1n) is 10.9. The molecule has 0 saturated carbocycles. The smallest absolute Gasteiger partial charge is 0.134 e. The van der Waals surface area contributed by atoms with Crippen molar-refractivity contribution in [2.45, 2.75) is 25.7 Å². The van der Waals surface area contributed by atoms with Crippen LogP contribution in [0, 0.1) is 11.6 Å². The number of hydrogen-bond donors (Lipinski definition) is 0. The second kappa shape index (κ2) is 9.74. The zero-order chi connectivity index (χ0) is 22.5. The molecular formula is C30H26F2. The van der Waals surface area contributed by atoms with E-state index in [1.807, 2.05) is 42.5 Å². The summed E-state index contributed by atoms with van der Waals surface area (Å²) >= 11 is 0. The Hall–Kier alpha value is -3.52. The summed E-state index contributed by atoms with van der Waals surface area (Å²) in [6.45, 7) is 7.50. The highest BCUT2D eigenvalue weighted by Crippen LogP contribution is 2.32. The lowest BCUT2D eigenvalue weighted by molar-refractivity contribution is 0.590. The molecule has 0 amide bonds. The Bertz CT molecular complexity index is 1240. The summed E-state index contributed by atoms with van der Waals surface area (Å²) in [5, 5.41) is 2.16. The first-order valence-corrected chi connectivity index (χ1v) is 10.9. The molecule has 0 aliphatic rings. The Kier molecular flexibility index (Phi) is 6.61. The third kappa shape index (κ3) is 4.70. The molecule has 0 atom stereocenters. The normalized spacial score (nSPS) is 10.9. The molecule has 0 heterocycles. The average Bonchev–Trinajstić information content (AvgIpc) is 2.81. The molecule has 0 bridgehead atoms. The molecule has 0 saturated heterocycles. The van der Waals surface area contributed by atoms with E-state index in [0.717, 1.165) is 47.6 Å². The summed E-state index contributed by atoms with van der Waals surface area (Å²) < 4.78 is 30.0. The van der Waals surface area contributed by atoms with E-state index in [-0.39, 0.29) is 5.56 Å². The first kappa shape index (κ1) is 21.7. The lowest BCUT2D eigenvalue weighted by Gasteiger charge is -2.11. The molecule has 4 rings (SSSR count). The van der Waals surface area contributed by atoms with Crippen molar-refractivity contribution in [3.8, 4) is 22.3 Å². The number of rotatable bonds is 8. The first-order chi connectivity index (χ1) is 15.6. The van der Waals surface area contributed by atoms with E-state index in [1.165, 1.54) is 17.7 Å². The summed E-state index contributed by atoms with van der Waals surface area (Å²) in [4.78, 5) is 0. The van der Waals surface area contributed by atoms with Crippen molar-refractivity contribution in [3.63, 3.8) is 0 Å². The van der Waals surface area contributed by atoms with Crippen LogP contribution in [-0.4, -0.2) is 0 Å². The van der Waals surface area contributed by atoms with Crippen LogP contribution in [-0.2, 0) is 12.8 Å². The maximum absolute atomic E-state index is 15.0. The molecule has 4 aromatic rings. The Labute approximate surface area is 188 Å². The number of hydrogen-bond acceptors (Lipinski definition) is 0. The second-order valence-electron chi connectivity index (χ2n) is 8.06. The third-order valence-electron chi connectivity index (χ3n) is 5.80. The van der Waals surface area contributed by atoms with Crippen LogP contribution in [0.4, 0.5) is 8.78 Å². The molecule has 160 valence electrons. The standard InChI is InChI=1S/C30H26F2/c1-3-5-7-21-9-12-23(13-10-21)30-28(31)19-27(20-29(30)32)26-16-15-24-17-22(8-6-4-2)11-14-25(24)18-26/h3-4,9-20H,1-2,5-8H2. The Balaban J connectivity index is 1.64. The van der Waals surface area contributed by atoms with Gasteiger partial charge < -0.3 is 0 Å². The van der Waals surface area contributed by atoms with Gasteiger partial charge in [0.2, 0.25) is 0 Å². The van der Waals surface area contributed by atoms with E-state index in [1.54, 1.807) is 12.1 Å². The zero-order valence-corrected chi connectivity index (χ0v) is 18.1. The predicted molar refractivity (Wildman–Crippen MR) is 132 cm³/mol. The number of aryl methyl sites for hydroxylation is 2. The molecule has 0 N–H and O–H groups in total. The van der Waals surface area contributed by atoms with Crippen LogP contribution in [0.15, 0.2) is 98.1 Å². The Morgan fingerprint density at radius 1 is 0.562 bits per heavy atom. The van der Waals surface area contributed by atoms with E-state index in [4.69, 9.17) is 0 Å². The van der Waals surface area contributed by atoms with E-state index < -0.39 is 11.6 Å². The van der Waals surface area contributed by atoms with Gasteiger partial charge in [-0.2, -0.15) is 0 Å². The molecule has 0 radical (unpaired) electrons. The van der Waals surface area contributed by atoms with Crippen molar-refractivity contribution in [2.75, 3.05) is 0 Å². The fourth-order valence-corrected chi connectivity index (χ4v) is 4.02. The van der Waals surface area contributed by atoms with Gasteiger partial charge in [0.05, 0.1) is 5.56 Å². The highest BCUT2D eigenvalue weighted by atomic mass is 19.1. The van der Waals surface area contributed by atoms with Crippen molar-refractivity contribution in [1.82, 2.24) is 0 Å². The van der Waals surface area contributed by atoms with Gasteiger partial charge in [-0.15, -0.1) is 13.2 Å². The summed E-state index contributed by atoms with van der Waals surface area (Å²) in [5.41, 5.74) is 4.25. The van der Waals surface area contributed by atoms with Gasteiger partial charge in [-0.05, 0) is 82.5 Å². The zero-order valence-electron chi connectivity index (χ0n) is 18.1. The van der Waals surface area contributed by atoms with E-state index in [9.17, 15) is 0 Å². The fraction of sp³-hybridized carbons (Fsp3) is 0.133. The maximum Gasteiger partial charge on any atom is 0.134 e. The van der Waals surface area contributed by atoms with Gasteiger partial charge in [0.1, 0.15) is 11.6 Å². The van der Waals surface area contributed by atoms with Gasteiger partial charge in [0, 0.05) is 0 Å². The van der Waals surface area contributed by atoms with Crippen molar-refractivity contribution >= 4 is 10.8 Å². The second-order valence-corrected chi connectivity index (χ2v) is 8.06. The van der Waals surface area contributed by atoms with Crippen LogP contribution in [0.5, 0.6) is 0 Å². The minimum Gasteiger partial charge on any atom is -0.206 e. The molecule has 2 heteroatoms. The minimum absolute atomic E-state index is 0.0108. The average molecular weight is 425 g/mol. The lowest BCUT2D eigenvalue weighted by Crippen LogP contribution is -1.93. The summed E-state index contributed by atoms with van der Waals surface area (Å²) in [7, 11) is 0. The Morgan fingerprint density at radius 3 is 1.75 bits per heavy atom. The van der Waals surface area contributed by atoms with Gasteiger partial charge in [0.15, 0.2) is 0 Å². The predicted octanol–water partition coefficient (Wildman–Crippen LogP) is 8.69. The lowest BCUT2D eigenvalue weighted by atomic mass is 9.95. The van der Waals surface area contributed by atoms with Crippen LogP contribution in [0.1, 0.15) is 24.0 Å². The van der Waals surface area contributed by atoms with Crippen LogP contribution < -0.4 is 0 Å². The van der Waals surface area contributed by atoms with Crippen LogP contribution in [0.3, 0.4) is 0 Å². The number of halogens is 2. The quantitative estimate of drug-likeness (QED) is 0.248. The Morgan fingerprint density at radius 2 is 1.09 bits per heavy atom. The van der Waals surface area contributed by atoms with E-state index >= 15 is 8.78 Å². The van der Waals surface area contributed by atoms with Crippen molar-refractivity contribution in [1.29, 1.82) is 0 Å². The third-order valence-corrected chi connectivity index (χ3v) is 5.80. The minimum atomic E-state index is -0.557. The molecule has 0 aliphatic heterocycles. The van der Waals surface area contributed by atoms with Gasteiger partial charge in [-0.25, -0.2) is 8.78 Å². The summed E-state index contributed by atoms with van der Waals surface area (Å²) in [6, 6.07) is 22.4. The SMILES string of the molecule is C=CCCc1ccc(-c2c(F)cc(-c3ccc4cc(CCC=C)ccc4c3)cc2F)cc1. The molecular weight excluding hydrogens is 398 g/mol. The number of allylic oxidation sites excluding steroid dienone is 2. The molecule has 0 aliphatic carbocycles. The van der Waals surface area contributed by atoms with Gasteiger partial charge in [-0.1, -0.05) is 66.7 Å². The van der Waals surface area contributed by atoms with Crippen LogP contribution in [0.25, 0.3) is 33.0 Å². The fourth-order valence-electron chi connectivity index (χ4n) is 4.02. The number of benzene rings is 4. The molecule has 32 heavy (non-hydrogen) atoms. The topological polar surface area (TPSA) is 0 Å². The highest BCUT2D eigenvalue weighted by Gasteiger charge is 2.14. The molecule has 0 aromatic heterocycles. The van der Waals surface area contributed by atoms with Crippen molar-refractivity contribution in [2.24, 2.45) is 0 Å². The molecule has 4 aromatic carbocycles. The monoisotopic (exact) mass is 424 g/mol. The van der Waals surface area contributed by atoms with Crippen LogP contribution in [0.2, 0.25) is 0 Å². The number of fused-ring (bicyclic) bond motifs is 1. The highest BCUT2D eigenvalue weighted by molar-refractivity contribution is 5.88. The molecule has 0 unspecified atom stereocenters. The van der Waals surface area contributed by atoms with E-state index in [2.05, 4.69) is 31.4 Å². The van der Waals surface area contributed by atoms with Crippen molar-refractivity contribution in [3.05, 3.63) is 121 Å². The van der Waals surface area contributed by atoms with Crippen molar-refractivity contribution < 1.29 is 8.78 Å². The summed E-state index contributed by atoms with van der Waals surface area (Å²) in [6.07, 6.45) is 7.41. The van der Waals surface area contributed by atoms with Crippen LogP contribution >= 0.6 is 0 Å². The maximum atomic E-state index is 15.0.